The van der Waals surface area contributed by atoms with Crippen LogP contribution in [0.15, 0.2) is 66.9 Å². The zero-order valence-electron chi connectivity index (χ0n) is 16.3. The van der Waals surface area contributed by atoms with Crippen LogP contribution in [0.25, 0.3) is 21.7 Å². The molecular formula is C24H24N2O3. The second-order valence-corrected chi connectivity index (χ2v) is 7.03. The van der Waals surface area contributed by atoms with Gasteiger partial charge >= 0.3 is 5.97 Å². The van der Waals surface area contributed by atoms with Crippen LogP contribution in [0.4, 0.5) is 0 Å². The minimum atomic E-state index is -0.867. The highest BCUT2D eigenvalue weighted by molar-refractivity contribution is 5.88. The fourth-order valence-electron chi connectivity index (χ4n) is 3.78. The van der Waals surface area contributed by atoms with E-state index in [2.05, 4.69) is 16.4 Å². The fourth-order valence-corrected chi connectivity index (χ4v) is 3.78. The molecule has 5 heteroatoms. The van der Waals surface area contributed by atoms with Crippen molar-refractivity contribution in [2.75, 3.05) is 6.61 Å². The minimum absolute atomic E-state index is 0.397. The van der Waals surface area contributed by atoms with E-state index < -0.39 is 12.0 Å². The predicted octanol–water partition coefficient (Wildman–Crippen LogP) is 4.51. The lowest BCUT2D eigenvalue weighted by Gasteiger charge is -2.18. The Hall–Kier alpha value is -3.31. The lowest BCUT2D eigenvalue weighted by Crippen LogP contribution is -2.38. The summed E-state index contributed by atoms with van der Waals surface area (Å²) in [6.45, 7) is 2.92. The van der Waals surface area contributed by atoms with Gasteiger partial charge in [0.25, 0.3) is 0 Å². The van der Waals surface area contributed by atoms with Crippen molar-refractivity contribution >= 4 is 27.6 Å². The van der Waals surface area contributed by atoms with Crippen molar-refractivity contribution in [2.45, 2.75) is 25.9 Å². The number of H-pyrrole nitrogens is 1. The molecule has 1 aromatic heterocycles. The number of carboxylic acid groups (broad SMARTS) is 1. The number of ether oxygens (including phenoxy) is 1. The largest absolute Gasteiger partial charge is 0.494 e. The van der Waals surface area contributed by atoms with Gasteiger partial charge in [-0.1, -0.05) is 48.5 Å². The molecule has 0 saturated heterocycles. The fraction of sp³-hybridized carbons (Fsp3) is 0.208. The number of nitrogens with one attached hydrogen (secondary N) is 2. The molecule has 4 rings (SSSR count). The van der Waals surface area contributed by atoms with Gasteiger partial charge in [-0.15, -0.1) is 0 Å². The Morgan fingerprint density at radius 2 is 1.83 bits per heavy atom. The number of aliphatic carboxylic acids is 1. The maximum Gasteiger partial charge on any atom is 0.321 e. The van der Waals surface area contributed by atoms with Crippen molar-refractivity contribution in [3.05, 3.63) is 78.0 Å². The predicted molar refractivity (Wildman–Crippen MR) is 115 cm³/mol. The molecule has 0 spiro atoms. The molecule has 0 bridgehead atoms. The normalized spacial score (nSPS) is 12.3. The summed E-state index contributed by atoms with van der Waals surface area (Å²) in [5, 5.41) is 16.3. The van der Waals surface area contributed by atoms with Crippen LogP contribution >= 0.6 is 0 Å². The summed E-state index contributed by atoms with van der Waals surface area (Å²) in [5.41, 5.74) is 2.98. The molecule has 0 aliphatic rings. The number of rotatable bonds is 8. The molecular weight excluding hydrogens is 364 g/mol. The van der Waals surface area contributed by atoms with Crippen LogP contribution in [0, 0.1) is 0 Å². The van der Waals surface area contributed by atoms with Gasteiger partial charge in [0.05, 0.1) is 6.61 Å². The van der Waals surface area contributed by atoms with Gasteiger partial charge in [0.1, 0.15) is 11.8 Å². The van der Waals surface area contributed by atoms with Crippen molar-refractivity contribution < 1.29 is 14.6 Å². The average molecular weight is 388 g/mol. The smallest absolute Gasteiger partial charge is 0.321 e. The molecule has 1 atom stereocenters. The molecule has 5 nitrogen and oxygen atoms in total. The zero-order chi connectivity index (χ0) is 20.2. The van der Waals surface area contributed by atoms with E-state index in [1.807, 2.05) is 67.7 Å². The molecule has 29 heavy (non-hydrogen) atoms. The highest BCUT2D eigenvalue weighted by Crippen LogP contribution is 2.28. The third-order valence-electron chi connectivity index (χ3n) is 5.22. The molecule has 0 aliphatic carbocycles. The zero-order valence-corrected chi connectivity index (χ0v) is 16.3. The topological polar surface area (TPSA) is 74.3 Å². The van der Waals surface area contributed by atoms with Crippen LogP contribution in [0.2, 0.25) is 0 Å². The lowest BCUT2D eigenvalue weighted by molar-refractivity contribution is -0.139. The first-order valence-electron chi connectivity index (χ1n) is 9.82. The number of hydrogen-bond donors (Lipinski definition) is 3. The quantitative estimate of drug-likeness (QED) is 0.415. The summed E-state index contributed by atoms with van der Waals surface area (Å²) in [6.07, 6.45) is 2.29. The maximum atomic E-state index is 12.0. The molecule has 0 radical (unpaired) electrons. The average Bonchev–Trinajstić information content (AvgIpc) is 3.15. The number of aromatic amines is 1. The van der Waals surface area contributed by atoms with Crippen molar-refractivity contribution in [1.29, 1.82) is 0 Å². The molecule has 148 valence electrons. The number of carboxylic acids is 1. The molecule has 0 amide bonds. The van der Waals surface area contributed by atoms with Gasteiger partial charge in [-0.2, -0.15) is 0 Å². The second kappa shape index (κ2) is 8.37. The molecule has 3 aromatic carbocycles. The van der Waals surface area contributed by atoms with E-state index >= 15 is 0 Å². The Morgan fingerprint density at radius 1 is 1.07 bits per heavy atom. The van der Waals surface area contributed by atoms with Crippen molar-refractivity contribution in [2.24, 2.45) is 0 Å². The monoisotopic (exact) mass is 388 g/mol. The highest BCUT2D eigenvalue weighted by Gasteiger charge is 2.20. The van der Waals surface area contributed by atoms with Gasteiger partial charge in [-0.3, -0.25) is 10.1 Å². The van der Waals surface area contributed by atoms with Gasteiger partial charge in [-0.25, -0.2) is 0 Å². The van der Waals surface area contributed by atoms with Gasteiger partial charge in [0.15, 0.2) is 0 Å². The lowest BCUT2D eigenvalue weighted by atomic mass is 10.0. The first-order valence-corrected chi connectivity index (χ1v) is 9.82. The molecule has 4 aromatic rings. The number of para-hydroxylation sites is 1. The van der Waals surface area contributed by atoms with Gasteiger partial charge in [-0.05, 0) is 35.4 Å². The Morgan fingerprint density at radius 3 is 2.62 bits per heavy atom. The maximum absolute atomic E-state index is 12.0. The minimum Gasteiger partial charge on any atom is -0.494 e. The summed E-state index contributed by atoms with van der Waals surface area (Å²) in [6, 6.07) is 19.3. The third kappa shape index (κ3) is 3.96. The summed E-state index contributed by atoms with van der Waals surface area (Å²) < 4.78 is 5.81. The van der Waals surface area contributed by atoms with Gasteiger partial charge in [0.2, 0.25) is 0 Å². The number of hydrogen-bond acceptors (Lipinski definition) is 3. The van der Waals surface area contributed by atoms with E-state index in [1.54, 1.807) is 0 Å². The molecule has 0 unspecified atom stereocenters. The molecule has 1 heterocycles. The molecule has 0 aliphatic heterocycles. The van der Waals surface area contributed by atoms with E-state index in [0.717, 1.165) is 38.6 Å². The standard InChI is InChI=1S/C24H24N2O3/c1-2-29-23-12-11-16-7-3-4-8-18(16)20(23)15-26-22(24(27)28)13-17-14-25-21-10-6-5-9-19(17)21/h3-12,14,22,25-26H,2,13,15H2,1H3,(H,27,28)/t22-/m1/s1. The first-order chi connectivity index (χ1) is 14.2. The Balaban J connectivity index is 1.60. The van der Waals surface area contributed by atoms with E-state index in [4.69, 9.17) is 4.74 Å². The van der Waals surface area contributed by atoms with Crippen LogP contribution in [-0.2, 0) is 17.8 Å². The van der Waals surface area contributed by atoms with Crippen LogP contribution < -0.4 is 10.1 Å². The highest BCUT2D eigenvalue weighted by atomic mass is 16.5. The SMILES string of the molecule is CCOc1ccc2ccccc2c1CN[C@H](Cc1c[nH]c2ccccc12)C(=O)O. The van der Waals surface area contributed by atoms with Gasteiger partial charge in [0, 0.05) is 35.6 Å². The molecule has 0 saturated carbocycles. The Labute approximate surface area is 169 Å². The summed E-state index contributed by atoms with van der Waals surface area (Å²) in [7, 11) is 0. The number of fused-ring (bicyclic) bond motifs is 2. The van der Waals surface area contributed by atoms with Gasteiger partial charge < -0.3 is 14.8 Å². The van der Waals surface area contributed by atoms with Crippen molar-refractivity contribution in [3.8, 4) is 5.75 Å². The number of benzene rings is 3. The Bertz CT molecular complexity index is 1150. The van der Waals surface area contributed by atoms with Crippen LogP contribution in [0.3, 0.4) is 0 Å². The summed E-state index contributed by atoms with van der Waals surface area (Å²) in [4.78, 5) is 15.2. The first kappa shape index (κ1) is 19.0. The summed E-state index contributed by atoms with van der Waals surface area (Å²) in [5.74, 6) is -0.0802. The van der Waals surface area contributed by atoms with E-state index in [0.29, 0.717) is 19.6 Å². The molecule has 3 N–H and O–H groups in total. The number of carbonyl (C=O) groups is 1. The van der Waals surface area contributed by atoms with Crippen LogP contribution in [-0.4, -0.2) is 28.7 Å². The van der Waals surface area contributed by atoms with Crippen LogP contribution in [0.1, 0.15) is 18.1 Å². The third-order valence-corrected chi connectivity index (χ3v) is 5.22. The second-order valence-electron chi connectivity index (χ2n) is 7.03. The van der Waals surface area contributed by atoms with Crippen LogP contribution in [0.5, 0.6) is 5.75 Å². The number of aromatic nitrogens is 1. The van der Waals surface area contributed by atoms with Crippen molar-refractivity contribution in [1.82, 2.24) is 10.3 Å². The Kier molecular flexibility index (Phi) is 5.49. The van der Waals surface area contributed by atoms with E-state index in [1.165, 1.54) is 0 Å². The molecule has 0 fully saturated rings. The summed E-state index contributed by atoms with van der Waals surface area (Å²) >= 11 is 0. The van der Waals surface area contributed by atoms with Crippen molar-refractivity contribution in [3.63, 3.8) is 0 Å². The van der Waals surface area contributed by atoms with E-state index in [9.17, 15) is 9.90 Å². The van der Waals surface area contributed by atoms with E-state index in [-0.39, 0.29) is 0 Å².